The third-order valence-corrected chi connectivity index (χ3v) is 2.98. The van der Waals surface area contributed by atoms with E-state index in [0.717, 1.165) is 24.3 Å². The summed E-state index contributed by atoms with van der Waals surface area (Å²) < 4.78 is 56.2. The van der Waals surface area contributed by atoms with Crippen LogP contribution in [0.2, 0.25) is 0 Å². The van der Waals surface area contributed by atoms with Gasteiger partial charge in [-0.2, -0.15) is 13.2 Å². The standard InChI is InChI=1S/C15H16F4O2/c1-4-9(2)21-14(20)10(3)13(16)11-5-7-12(8-6-11)15(17,18)19/h5-9,13H,3-4H2,1-2H3. The highest BCUT2D eigenvalue weighted by Crippen LogP contribution is 2.32. The number of hydrogen-bond acceptors (Lipinski definition) is 2. The molecule has 0 N–H and O–H groups in total. The van der Waals surface area contributed by atoms with Crippen molar-refractivity contribution in [2.75, 3.05) is 0 Å². The molecule has 0 saturated carbocycles. The van der Waals surface area contributed by atoms with E-state index in [4.69, 9.17) is 4.74 Å². The number of benzene rings is 1. The first kappa shape index (κ1) is 17.2. The highest BCUT2D eigenvalue weighted by atomic mass is 19.4. The summed E-state index contributed by atoms with van der Waals surface area (Å²) in [5.41, 5.74) is -1.39. The van der Waals surface area contributed by atoms with Crippen molar-refractivity contribution in [2.24, 2.45) is 0 Å². The van der Waals surface area contributed by atoms with Gasteiger partial charge in [-0.05, 0) is 31.0 Å². The van der Waals surface area contributed by atoms with Crippen molar-refractivity contribution in [1.82, 2.24) is 0 Å². The molecular weight excluding hydrogens is 288 g/mol. The molecular formula is C15H16F4O2. The Bertz CT molecular complexity index is 505. The predicted octanol–water partition coefficient (Wildman–Crippen LogP) is 4.61. The maximum Gasteiger partial charge on any atom is 0.416 e. The molecule has 0 aromatic heterocycles. The predicted molar refractivity (Wildman–Crippen MR) is 70.3 cm³/mol. The van der Waals surface area contributed by atoms with Gasteiger partial charge in [-0.1, -0.05) is 25.6 Å². The van der Waals surface area contributed by atoms with Crippen LogP contribution in [0.3, 0.4) is 0 Å². The Morgan fingerprint density at radius 2 is 1.81 bits per heavy atom. The lowest BCUT2D eigenvalue weighted by molar-refractivity contribution is -0.144. The van der Waals surface area contributed by atoms with E-state index in [1.165, 1.54) is 0 Å². The summed E-state index contributed by atoms with van der Waals surface area (Å²) in [6.07, 6.45) is -6.20. The lowest BCUT2D eigenvalue weighted by Gasteiger charge is -2.15. The fourth-order valence-electron chi connectivity index (χ4n) is 1.49. The summed E-state index contributed by atoms with van der Waals surface area (Å²) in [6.45, 7) is 6.76. The molecule has 0 radical (unpaired) electrons. The van der Waals surface area contributed by atoms with Crippen LogP contribution in [-0.4, -0.2) is 12.1 Å². The van der Waals surface area contributed by atoms with E-state index in [0.29, 0.717) is 6.42 Å². The lowest BCUT2D eigenvalue weighted by atomic mass is 10.0. The fourth-order valence-corrected chi connectivity index (χ4v) is 1.49. The maximum atomic E-state index is 14.1. The van der Waals surface area contributed by atoms with Gasteiger partial charge in [0.1, 0.15) is 0 Å². The molecule has 1 aromatic carbocycles. The second kappa shape index (κ2) is 6.74. The Morgan fingerprint density at radius 3 is 2.24 bits per heavy atom. The van der Waals surface area contributed by atoms with Crippen molar-refractivity contribution >= 4 is 5.97 Å². The first-order valence-corrected chi connectivity index (χ1v) is 6.37. The van der Waals surface area contributed by atoms with Crippen LogP contribution < -0.4 is 0 Å². The van der Waals surface area contributed by atoms with Crippen LogP contribution >= 0.6 is 0 Å². The van der Waals surface area contributed by atoms with E-state index in [-0.39, 0.29) is 11.7 Å². The van der Waals surface area contributed by atoms with Gasteiger partial charge in [-0.25, -0.2) is 9.18 Å². The minimum Gasteiger partial charge on any atom is -0.459 e. The third-order valence-electron chi connectivity index (χ3n) is 2.98. The molecule has 0 fully saturated rings. The molecule has 2 atom stereocenters. The minimum atomic E-state index is -4.49. The Balaban J connectivity index is 2.81. The summed E-state index contributed by atoms with van der Waals surface area (Å²) in [5, 5.41) is 0. The van der Waals surface area contributed by atoms with E-state index >= 15 is 0 Å². The van der Waals surface area contributed by atoms with Crippen LogP contribution in [0.25, 0.3) is 0 Å². The molecule has 0 bridgehead atoms. The molecule has 2 unspecified atom stereocenters. The highest BCUT2D eigenvalue weighted by Gasteiger charge is 2.31. The summed E-state index contributed by atoms with van der Waals surface area (Å²) in [5.74, 6) is -0.892. The molecule has 0 saturated heterocycles. The Kier molecular flexibility index (Phi) is 5.52. The lowest BCUT2D eigenvalue weighted by Crippen LogP contribution is -2.17. The molecule has 0 heterocycles. The van der Waals surface area contributed by atoms with Gasteiger partial charge in [-0.15, -0.1) is 0 Å². The Labute approximate surface area is 120 Å². The van der Waals surface area contributed by atoms with E-state index in [9.17, 15) is 22.4 Å². The summed E-state index contributed by atoms with van der Waals surface area (Å²) in [4.78, 5) is 11.6. The van der Waals surface area contributed by atoms with E-state index < -0.39 is 29.5 Å². The van der Waals surface area contributed by atoms with Gasteiger partial charge < -0.3 is 4.74 Å². The molecule has 6 heteroatoms. The number of carbonyl (C=O) groups excluding carboxylic acids is 1. The van der Waals surface area contributed by atoms with Crippen molar-refractivity contribution in [3.8, 4) is 0 Å². The number of halogens is 4. The summed E-state index contributed by atoms with van der Waals surface area (Å²) in [7, 11) is 0. The Hall–Kier alpha value is -1.85. The van der Waals surface area contributed by atoms with Gasteiger partial charge in [0.05, 0.1) is 17.2 Å². The van der Waals surface area contributed by atoms with Gasteiger partial charge in [0.15, 0.2) is 6.17 Å². The molecule has 0 aliphatic carbocycles. The number of carbonyl (C=O) groups is 1. The monoisotopic (exact) mass is 304 g/mol. The SMILES string of the molecule is C=C(C(=O)OC(C)CC)C(F)c1ccc(C(F)(F)F)cc1. The minimum absolute atomic E-state index is 0.0749. The van der Waals surface area contributed by atoms with Crippen LogP contribution in [0.15, 0.2) is 36.4 Å². The molecule has 0 amide bonds. The average molecular weight is 304 g/mol. The normalized spacial score (nSPS) is 14.4. The van der Waals surface area contributed by atoms with Gasteiger partial charge in [-0.3, -0.25) is 0 Å². The number of ether oxygens (including phenoxy) is 1. The average Bonchev–Trinajstić information content (AvgIpc) is 2.44. The van der Waals surface area contributed by atoms with Crippen molar-refractivity contribution in [2.45, 2.75) is 38.7 Å². The van der Waals surface area contributed by atoms with Crippen LogP contribution in [0.4, 0.5) is 17.6 Å². The molecule has 0 spiro atoms. The number of alkyl halides is 4. The van der Waals surface area contributed by atoms with Crippen molar-refractivity contribution in [1.29, 1.82) is 0 Å². The second-order valence-electron chi connectivity index (χ2n) is 4.63. The van der Waals surface area contributed by atoms with E-state index in [1.54, 1.807) is 13.8 Å². The highest BCUT2D eigenvalue weighted by molar-refractivity contribution is 5.89. The molecule has 2 nitrogen and oxygen atoms in total. The molecule has 116 valence electrons. The van der Waals surface area contributed by atoms with Crippen LogP contribution in [0.5, 0.6) is 0 Å². The van der Waals surface area contributed by atoms with Crippen molar-refractivity contribution in [3.63, 3.8) is 0 Å². The fraction of sp³-hybridized carbons (Fsp3) is 0.400. The second-order valence-corrected chi connectivity index (χ2v) is 4.63. The zero-order valence-electron chi connectivity index (χ0n) is 11.7. The topological polar surface area (TPSA) is 26.3 Å². The van der Waals surface area contributed by atoms with Gasteiger partial charge >= 0.3 is 12.1 Å². The van der Waals surface area contributed by atoms with Gasteiger partial charge in [0.25, 0.3) is 0 Å². The number of rotatable bonds is 5. The molecule has 0 aliphatic rings. The zero-order chi connectivity index (χ0) is 16.2. The van der Waals surface area contributed by atoms with Crippen LogP contribution in [-0.2, 0) is 15.7 Å². The number of hydrogen-bond donors (Lipinski definition) is 0. The van der Waals surface area contributed by atoms with Crippen molar-refractivity contribution < 1.29 is 27.1 Å². The molecule has 21 heavy (non-hydrogen) atoms. The Morgan fingerprint density at radius 1 is 1.29 bits per heavy atom. The van der Waals surface area contributed by atoms with Gasteiger partial charge in [0.2, 0.25) is 0 Å². The van der Waals surface area contributed by atoms with Crippen LogP contribution in [0, 0.1) is 0 Å². The number of esters is 1. The smallest absolute Gasteiger partial charge is 0.416 e. The molecule has 1 rings (SSSR count). The van der Waals surface area contributed by atoms with Crippen LogP contribution in [0.1, 0.15) is 37.6 Å². The third kappa shape index (κ3) is 4.58. The quantitative estimate of drug-likeness (QED) is 0.451. The molecule has 0 aliphatic heterocycles. The van der Waals surface area contributed by atoms with Crippen molar-refractivity contribution in [3.05, 3.63) is 47.5 Å². The zero-order valence-corrected chi connectivity index (χ0v) is 11.7. The maximum absolute atomic E-state index is 14.1. The first-order valence-electron chi connectivity index (χ1n) is 6.37. The van der Waals surface area contributed by atoms with E-state index in [2.05, 4.69) is 6.58 Å². The summed E-state index contributed by atoms with van der Waals surface area (Å²) >= 11 is 0. The summed E-state index contributed by atoms with van der Waals surface area (Å²) in [6, 6.07) is 3.48. The first-order chi connectivity index (χ1) is 9.66. The largest absolute Gasteiger partial charge is 0.459 e. The molecule has 1 aromatic rings. The van der Waals surface area contributed by atoms with Gasteiger partial charge in [0, 0.05) is 0 Å². The van der Waals surface area contributed by atoms with E-state index in [1.807, 2.05) is 0 Å².